The van der Waals surface area contributed by atoms with Gasteiger partial charge in [0.25, 0.3) is 6.43 Å². The number of aromatic nitrogens is 1. The SMILES string of the molecule is CCOC(=O)c1cc(CBr)nc(C(F)F)c1I. The van der Waals surface area contributed by atoms with Crippen LogP contribution in [0.3, 0.4) is 0 Å². The van der Waals surface area contributed by atoms with E-state index in [0.29, 0.717) is 11.0 Å². The summed E-state index contributed by atoms with van der Waals surface area (Å²) in [6, 6.07) is 1.46. The van der Waals surface area contributed by atoms with Gasteiger partial charge in [0, 0.05) is 5.33 Å². The Kier molecular flexibility index (Phi) is 5.71. The van der Waals surface area contributed by atoms with Crippen LogP contribution in [0.2, 0.25) is 0 Å². The average Bonchev–Trinajstić information content (AvgIpc) is 2.29. The van der Waals surface area contributed by atoms with Crippen LogP contribution < -0.4 is 0 Å². The number of nitrogens with zero attached hydrogens (tertiary/aromatic N) is 1. The van der Waals surface area contributed by atoms with E-state index in [1.165, 1.54) is 6.07 Å². The lowest BCUT2D eigenvalue weighted by Gasteiger charge is -2.10. The zero-order valence-electron chi connectivity index (χ0n) is 8.84. The van der Waals surface area contributed by atoms with Crippen molar-refractivity contribution in [3.63, 3.8) is 0 Å². The van der Waals surface area contributed by atoms with Crippen LogP contribution in [0.5, 0.6) is 0 Å². The molecule has 0 aliphatic rings. The minimum absolute atomic E-state index is 0.132. The number of esters is 1. The number of pyridine rings is 1. The lowest BCUT2D eigenvalue weighted by atomic mass is 10.2. The smallest absolute Gasteiger partial charge is 0.339 e. The van der Waals surface area contributed by atoms with Crippen LogP contribution in [0.25, 0.3) is 0 Å². The molecule has 0 saturated heterocycles. The molecule has 7 heteroatoms. The van der Waals surface area contributed by atoms with E-state index in [-0.39, 0.29) is 21.4 Å². The third-order valence-electron chi connectivity index (χ3n) is 1.88. The lowest BCUT2D eigenvalue weighted by molar-refractivity contribution is 0.0524. The number of carbonyl (C=O) groups excluding carboxylic acids is 1. The maximum Gasteiger partial charge on any atom is 0.339 e. The first-order chi connectivity index (χ1) is 8.01. The number of alkyl halides is 3. The molecule has 0 aliphatic carbocycles. The summed E-state index contributed by atoms with van der Waals surface area (Å²) in [7, 11) is 0. The number of ether oxygens (including phenoxy) is 1. The highest BCUT2D eigenvalue weighted by atomic mass is 127. The Labute approximate surface area is 119 Å². The van der Waals surface area contributed by atoms with Gasteiger partial charge in [0.05, 0.1) is 21.4 Å². The largest absolute Gasteiger partial charge is 0.462 e. The van der Waals surface area contributed by atoms with Crippen LogP contribution in [0, 0.1) is 3.57 Å². The molecular weight excluding hydrogens is 411 g/mol. The van der Waals surface area contributed by atoms with Gasteiger partial charge >= 0.3 is 5.97 Å². The zero-order chi connectivity index (χ0) is 13.0. The highest BCUT2D eigenvalue weighted by molar-refractivity contribution is 14.1. The third-order valence-corrected chi connectivity index (χ3v) is 3.58. The molecule has 1 heterocycles. The maximum absolute atomic E-state index is 12.7. The van der Waals surface area contributed by atoms with Crippen LogP contribution in [0.15, 0.2) is 6.07 Å². The molecule has 0 amide bonds. The summed E-state index contributed by atoms with van der Waals surface area (Å²) in [6.07, 6.45) is -2.71. The molecule has 0 atom stereocenters. The summed E-state index contributed by atoms with van der Waals surface area (Å²) in [5.41, 5.74) is 0.126. The van der Waals surface area contributed by atoms with Crippen molar-refractivity contribution in [3.05, 3.63) is 26.6 Å². The summed E-state index contributed by atoms with van der Waals surface area (Å²) >= 11 is 4.81. The fraction of sp³-hybridized carbons (Fsp3) is 0.400. The molecule has 0 aromatic carbocycles. The summed E-state index contributed by atoms with van der Waals surface area (Å²) in [6.45, 7) is 1.86. The minimum Gasteiger partial charge on any atom is -0.462 e. The van der Waals surface area contributed by atoms with Gasteiger partial charge in [0.15, 0.2) is 0 Å². The number of hydrogen-bond acceptors (Lipinski definition) is 3. The van der Waals surface area contributed by atoms with E-state index in [0.717, 1.165) is 0 Å². The molecule has 0 aliphatic heterocycles. The number of halogens is 4. The monoisotopic (exact) mass is 419 g/mol. The summed E-state index contributed by atoms with van der Waals surface area (Å²) < 4.78 is 30.4. The second-order valence-electron chi connectivity index (χ2n) is 3.02. The molecule has 1 aromatic heterocycles. The van der Waals surface area contributed by atoms with Crippen molar-refractivity contribution in [2.45, 2.75) is 18.7 Å². The molecule has 3 nitrogen and oxygen atoms in total. The summed E-state index contributed by atoms with van der Waals surface area (Å²) in [5, 5.41) is 0.302. The van der Waals surface area contributed by atoms with Gasteiger partial charge in [-0.1, -0.05) is 15.9 Å². The van der Waals surface area contributed by atoms with Gasteiger partial charge in [-0.25, -0.2) is 18.6 Å². The zero-order valence-corrected chi connectivity index (χ0v) is 12.6. The quantitative estimate of drug-likeness (QED) is 0.424. The first-order valence-corrected chi connectivity index (χ1v) is 6.91. The number of rotatable bonds is 4. The molecule has 0 radical (unpaired) electrons. The van der Waals surface area contributed by atoms with E-state index in [2.05, 4.69) is 20.9 Å². The Balaban J connectivity index is 3.28. The van der Waals surface area contributed by atoms with Gasteiger partial charge in [-0.15, -0.1) is 0 Å². The van der Waals surface area contributed by atoms with Gasteiger partial charge in [-0.05, 0) is 35.6 Å². The van der Waals surface area contributed by atoms with E-state index < -0.39 is 12.4 Å². The Morgan fingerprint density at radius 2 is 2.29 bits per heavy atom. The number of hydrogen-bond donors (Lipinski definition) is 0. The highest BCUT2D eigenvalue weighted by Gasteiger charge is 2.22. The first kappa shape index (κ1) is 14.7. The van der Waals surface area contributed by atoms with Gasteiger partial charge in [0.2, 0.25) is 0 Å². The predicted molar refractivity (Wildman–Crippen MR) is 70.5 cm³/mol. The molecule has 0 unspecified atom stereocenters. The van der Waals surface area contributed by atoms with Crippen LogP contribution in [-0.2, 0) is 10.1 Å². The van der Waals surface area contributed by atoms with Crippen molar-refractivity contribution in [2.24, 2.45) is 0 Å². The molecule has 1 aromatic rings. The summed E-state index contributed by atoms with van der Waals surface area (Å²) in [5.74, 6) is -0.608. The fourth-order valence-electron chi connectivity index (χ4n) is 1.17. The Hall–Kier alpha value is -0.310. The van der Waals surface area contributed by atoms with E-state index in [9.17, 15) is 13.6 Å². The Bertz CT molecular complexity index is 429. The molecule has 0 fully saturated rings. The van der Waals surface area contributed by atoms with Crippen LogP contribution in [0.4, 0.5) is 8.78 Å². The standard InChI is InChI=1S/C10H9BrF2INO2/c1-2-17-10(16)6-3-5(4-11)15-8(7(6)14)9(12)13/h3,9H,2,4H2,1H3. The first-order valence-electron chi connectivity index (χ1n) is 4.71. The van der Waals surface area contributed by atoms with E-state index in [1.807, 2.05) is 0 Å². The molecule has 17 heavy (non-hydrogen) atoms. The van der Waals surface area contributed by atoms with E-state index >= 15 is 0 Å². The molecule has 0 saturated carbocycles. The van der Waals surface area contributed by atoms with Gasteiger partial charge < -0.3 is 4.74 Å². The normalized spacial score (nSPS) is 10.7. The molecule has 94 valence electrons. The minimum atomic E-state index is -2.71. The lowest BCUT2D eigenvalue weighted by Crippen LogP contribution is -2.11. The predicted octanol–water partition coefficient (Wildman–Crippen LogP) is 3.70. The maximum atomic E-state index is 12.7. The second-order valence-corrected chi connectivity index (χ2v) is 4.65. The van der Waals surface area contributed by atoms with Crippen LogP contribution in [-0.4, -0.2) is 17.6 Å². The molecular formula is C10H9BrF2INO2. The summed E-state index contributed by atoms with van der Waals surface area (Å²) in [4.78, 5) is 15.4. The van der Waals surface area contributed by atoms with Crippen molar-refractivity contribution >= 4 is 44.5 Å². The molecule has 0 spiro atoms. The molecule has 1 rings (SSSR count). The van der Waals surface area contributed by atoms with Crippen molar-refractivity contribution in [1.82, 2.24) is 4.98 Å². The van der Waals surface area contributed by atoms with Crippen molar-refractivity contribution in [3.8, 4) is 0 Å². The topological polar surface area (TPSA) is 39.2 Å². The highest BCUT2D eigenvalue weighted by Crippen LogP contribution is 2.27. The van der Waals surface area contributed by atoms with Gasteiger partial charge in [-0.2, -0.15) is 0 Å². The Morgan fingerprint density at radius 3 is 2.76 bits per heavy atom. The van der Waals surface area contributed by atoms with Crippen molar-refractivity contribution in [2.75, 3.05) is 6.61 Å². The van der Waals surface area contributed by atoms with Crippen molar-refractivity contribution in [1.29, 1.82) is 0 Å². The number of carbonyl (C=O) groups is 1. The van der Waals surface area contributed by atoms with Crippen LogP contribution in [0.1, 0.15) is 35.1 Å². The second kappa shape index (κ2) is 6.58. The van der Waals surface area contributed by atoms with Crippen LogP contribution >= 0.6 is 38.5 Å². The average molecular weight is 420 g/mol. The van der Waals surface area contributed by atoms with Gasteiger partial charge in [0.1, 0.15) is 5.69 Å². The van der Waals surface area contributed by atoms with E-state index in [1.54, 1.807) is 29.5 Å². The van der Waals surface area contributed by atoms with Gasteiger partial charge in [-0.3, -0.25) is 0 Å². The molecule has 0 bridgehead atoms. The fourth-order valence-corrected chi connectivity index (χ4v) is 2.19. The van der Waals surface area contributed by atoms with Crippen molar-refractivity contribution < 1.29 is 18.3 Å². The third kappa shape index (κ3) is 3.57. The Morgan fingerprint density at radius 1 is 1.65 bits per heavy atom. The molecule has 0 N–H and O–H groups in total. The van der Waals surface area contributed by atoms with E-state index in [4.69, 9.17) is 4.74 Å².